The fourth-order valence-electron chi connectivity index (χ4n) is 0.469. The van der Waals surface area contributed by atoms with Crippen molar-refractivity contribution in [2.45, 2.75) is 18.1 Å². The molecular formula is C5H6O5S. The first-order chi connectivity index (χ1) is 5.02. The molecule has 0 aliphatic heterocycles. The lowest BCUT2D eigenvalue weighted by molar-refractivity contribution is 0.463. The van der Waals surface area contributed by atoms with Crippen molar-refractivity contribution in [2.75, 3.05) is 0 Å². The highest BCUT2D eigenvalue weighted by Gasteiger charge is 2.22. The molecule has 62 valence electrons. The van der Waals surface area contributed by atoms with Gasteiger partial charge in [-0.15, -0.1) is 0 Å². The molecule has 5 nitrogen and oxygen atoms in total. The van der Waals surface area contributed by atoms with Crippen LogP contribution in [0.3, 0.4) is 0 Å². The molecule has 0 saturated carbocycles. The van der Waals surface area contributed by atoms with Gasteiger partial charge in [-0.1, -0.05) is 0 Å². The molecule has 2 radical (unpaired) electrons. The van der Waals surface area contributed by atoms with Crippen LogP contribution in [0.2, 0.25) is 0 Å². The number of hydrogen-bond donors (Lipinski definition) is 1. The van der Waals surface area contributed by atoms with Crippen LogP contribution in [0, 0.1) is 0 Å². The molecule has 0 amide bonds. The zero-order chi connectivity index (χ0) is 8.91. The van der Waals surface area contributed by atoms with E-state index in [-0.39, 0.29) is 0 Å². The molecular weight excluding hydrogens is 172 g/mol. The van der Waals surface area contributed by atoms with Crippen molar-refractivity contribution in [3.8, 4) is 0 Å². The molecule has 1 N–H and O–H groups in total. The molecule has 0 unspecified atom stereocenters. The van der Waals surface area contributed by atoms with Crippen molar-refractivity contribution in [1.82, 2.24) is 0 Å². The second-order valence-corrected chi connectivity index (χ2v) is 3.53. The van der Waals surface area contributed by atoms with E-state index in [1.165, 1.54) is 12.6 Å². The third-order valence-electron chi connectivity index (χ3n) is 1.04. The van der Waals surface area contributed by atoms with Crippen LogP contribution in [-0.4, -0.2) is 30.8 Å². The van der Waals surface area contributed by atoms with Crippen LogP contribution < -0.4 is 0 Å². The Morgan fingerprint density at radius 2 is 1.55 bits per heavy atom. The smallest absolute Gasteiger partial charge is 0.268 e. The fraction of sp³-hybridized carbons (Fsp3) is 0.600. The van der Waals surface area contributed by atoms with Crippen molar-refractivity contribution >= 4 is 22.7 Å². The van der Waals surface area contributed by atoms with Crippen LogP contribution in [0.25, 0.3) is 0 Å². The first-order valence-electron chi connectivity index (χ1n) is 2.68. The van der Waals surface area contributed by atoms with Crippen molar-refractivity contribution < 1.29 is 22.6 Å². The summed E-state index contributed by atoms with van der Waals surface area (Å²) in [5.74, 6) is 0. The molecule has 0 fully saturated rings. The van der Waals surface area contributed by atoms with Gasteiger partial charge in [0.1, 0.15) is 5.25 Å². The zero-order valence-corrected chi connectivity index (χ0v) is 6.30. The first kappa shape index (κ1) is 10.2. The fourth-order valence-corrected chi connectivity index (χ4v) is 1.03. The minimum Gasteiger partial charge on any atom is -0.291 e. The largest absolute Gasteiger partial charge is 0.291 e. The number of hydrogen-bond acceptors (Lipinski definition) is 4. The standard InChI is InChI=1S/C5H6O5S/c6-3-1-5(2-4-7)11(8,9)10/h5H,1-2H2,(H,8,9,10). The van der Waals surface area contributed by atoms with Crippen LogP contribution in [0.4, 0.5) is 0 Å². The van der Waals surface area contributed by atoms with E-state index in [4.69, 9.17) is 4.55 Å². The summed E-state index contributed by atoms with van der Waals surface area (Å²) >= 11 is 0. The average Bonchev–Trinajstić information content (AvgIpc) is 1.85. The first-order valence-corrected chi connectivity index (χ1v) is 4.19. The number of carbonyl (C=O) groups excluding carboxylic acids is 2. The third-order valence-corrected chi connectivity index (χ3v) is 2.22. The van der Waals surface area contributed by atoms with Crippen LogP contribution in [0.1, 0.15) is 12.8 Å². The highest BCUT2D eigenvalue weighted by Crippen LogP contribution is 2.05. The summed E-state index contributed by atoms with van der Waals surface area (Å²) < 4.78 is 29.0. The normalized spacial score (nSPS) is 11.5. The summed E-state index contributed by atoms with van der Waals surface area (Å²) in [5.41, 5.74) is 0. The average molecular weight is 178 g/mol. The third kappa shape index (κ3) is 3.84. The van der Waals surface area contributed by atoms with Gasteiger partial charge in [0.05, 0.1) is 0 Å². The van der Waals surface area contributed by atoms with E-state index in [1.807, 2.05) is 0 Å². The van der Waals surface area contributed by atoms with E-state index < -0.39 is 28.2 Å². The molecule has 0 aliphatic carbocycles. The summed E-state index contributed by atoms with van der Waals surface area (Å²) in [6.45, 7) is 0. The van der Waals surface area contributed by atoms with Gasteiger partial charge in [0, 0.05) is 12.8 Å². The van der Waals surface area contributed by atoms with Crippen molar-refractivity contribution in [3.05, 3.63) is 0 Å². The van der Waals surface area contributed by atoms with Crippen molar-refractivity contribution in [1.29, 1.82) is 0 Å². The molecule has 0 heterocycles. The summed E-state index contributed by atoms with van der Waals surface area (Å²) in [4.78, 5) is 19.4. The Morgan fingerprint density at radius 3 is 1.73 bits per heavy atom. The summed E-state index contributed by atoms with van der Waals surface area (Å²) in [7, 11) is -4.31. The van der Waals surface area contributed by atoms with E-state index in [2.05, 4.69) is 0 Å². The minimum atomic E-state index is -4.31. The van der Waals surface area contributed by atoms with E-state index >= 15 is 0 Å². The summed E-state index contributed by atoms with van der Waals surface area (Å²) in [6.07, 6.45) is 1.57. The van der Waals surface area contributed by atoms with Gasteiger partial charge in [0.2, 0.25) is 0 Å². The molecule has 0 spiro atoms. The lowest BCUT2D eigenvalue weighted by Crippen LogP contribution is -2.21. The Kier molecular flexibility index (Phi) is 3.91. The SMILES string of the molecule is O=[C]CC(C[C]=O)S(=O)(=O)O. The van der Waals surface area contributed by atoms with Crippen LogP contribution in [0.5, 0.6) is 0 Å². The minimum absolute atomic E-state index is 0.506. The zero-order valence-electron chi connectivity index (χ0n) is 5.48. The molecule has 0 aromatic rings. The van der Waals surface area contributed by atoms with Gasteiger partial charge in [0.15, 0.2) is 12.6 Å². The maximum Gasteiger partial charge on any atom is 0.268 e. The second-order valence-electron chi connectivity index (χ2n) is 1.83. The Hall–Kier alpha value is -0.750. The molecule has 0 atom stereocenters. The van der Waals surface area contributed by atoms with E-state index in [0.717, 1.165) is 0 Å². The van der Waals surface area contributed by atoms with Crippen molar-refractivity contribution in [3.63, 3.8) is 0 Å². The van der Waals surface area contributed by atoms with Gasteiger partial charge < -0.3 is 0 Å². The maximum absolute atomic E-state index is 10.3. The van der Waals surface area contributed by atoms with Crippen LogP contribution >= 0.6 is 0 Å². The van der Waals surface area contributed by atoms with Gasteiger partial charge in [-0.3, -0.25) is 14.1 Å². The van der Waals surface area contributed by atoms with E-state index in [9.17, 15) is 18.0 Å². The molecule has 0 aromatic heterocycles. The monoisotopic (exact) mass is 178 g/mol. The molecule has 0 rings (SSSR count). The van der Waals surface area contributed by atoms with Gasteiger partial charge in [-0.2, -0.15) is 8.42 Å². The van der Waals surface area contributed by atoms with E-state index in [0.29, 0.717) is 0 Å². The highest BCUT2D eigenvalue weighted by molar-refractivity contribution is 7.86. The number of rotatable bonds is 5. The molecule has 11 heavy (non-hydrogen) atoms. The Labute approximate surface area is 64.2 Å². The topological polar surface area (TPSA) is 88.5 Å². The van der Waals surface area contributed by atoms with Crippen molar-refractivity contribution in [2.24, 2.45) is 0 Å². The lowest BCUT2D eigenvalue weighted by Gasteiger charge is -2.03. The molecule has 0 aliphatic rings. The lowest BCUT2D eigenvalue weighted by atomic mass is 10.2. The Bertz CT molecular complexity index is 219. The van der Waals surface area contributed by atoms with E-state index in [1.54, 1.807) is 0 Å². The molecule has 0 saturated heterocycles. The summed E-state index contributed by atoms with van der Waals surface area (Å²) in [6, 6.07) is 0. The summed E-state index contributed by atoms with van der Waals surface area (Å²) in [5, 5.41) is -1.39. The molecule has 0 bridgehead atoms. The van der Waals surface area contributed by atoms with Gasteiger partial charge >= 0.3 is 0 Å². The van der Waals surface area contributed by atoms with Crippen LogP contribution in [0.15, 0.2) is 0 Å². The predicted molar refractivity (Wildman–Crippen MR) is 36.0 cm³/mol. The molecule has 0 aromatic carbocycles. The van der Waals surface area contributed by atoms with Crippen LogP contribution in [-0.2, 0) is 19.7 Å². The predicted octanol–water partition coefficient (Wildman–Crippen LogP) is -0.758. The van der Waals surface area contributed by atoms with Gasteiger partial charge in [-0.05, 0) is 0 Å². The maximum atomic E-state index is 10.3. The van der Waals surface area contributed by atoms with Gasteiger partial charge in [-0.25, -0.2) is 0 Å². The molecule has 6 heteroatoms. The second kappa shape index (κ2) is 4.20. The quantitative estimate of drug-likeness (QED) is 0.559. The highest BCUT2D eigenvalue weighted by atomic mass is 32.2. The van der Waals surface area contributed by atoms with Gasteiger partial charge in [0.25, 0.3) is 10.1 Å². The Balaban J connectivity index is 4.33. The Morgan fingerprint density at radius 1 is 1.18 bits per heavy atom.